The summed E-state index contributed by atoms with van der Waals surface area (Å²) >= 11 is 17.5. The minimum atomic E-state index is 0.0183. The van der Waals surface area contributed by atoms with Crippen LogP contribution >= 0.6 is 35.4 Å². The average Bonchev–Trinajstić information content (AvgIpc) is 3.14. The number of benzene rings is 2. The van der Waals surface area contributed by atoms with Gasteiger partial charge >= 0.3 is 0 Å². The van der Waals surface area contributed by atoms with Crippen molar-refractivity contribution in [1.29, 1.82) is 0 Å². The van der Waals surface area contributed by atoms with Gasteiger partial charge in [0.15, 0.2) is 5.82 Å². The van der Waals surface area contributed by atoms with E-state index in [4.69, 9.17) is 40.2 Å². The summed E-state index contributed by atoms with van der Waals surface area (Å²) in [5.41, 5.74) is 1.40. The molecule has 10 heteroatoms. The number of aromatic amines is 1. The van der Waals surface area contributed by atoms with Crippen molar-refractivity contribution in [1.82, 2.24) is 24.6 Å². The first-order chi connectivity index (χ1) is 14.9. The third kappa shape index (κ3) is 4.93. The zero-order chi connectivity index (χ0) is 22.0. The van der Waals surface area contributed by atoms with Gasteiger partial charge in [0.2, 0.25) is 4.77 Å². The Balaban J connectivity index is 1.41. The Labute approximate surface area is 195 Å². The van der Waals surface area contributed by atoms with Gasteiger partial charge in [0.25, 0.3) is 5.91 Å². The van der Waals surface area contributed by atoms with Crippen molar-refractivity contribution in [2.45, 2.75) is 6.67 Å². The molecule has 1 fully saturated rings. The molecule has 0 atom stereocenters. The number of carbonyl (C=O) groups is 1. The van der Waals surface area contributed by atoms with Crippen LogP contribution in [0.15, 0.2) is 42.5 Å². The molecule has 4 rings (SSSR count). The van der Waals surface area contributed by atoms with Crippen molar-refractivity contribution in [3.63, 3.8) is 0 Å². The summed E-state index contributed by atoms with van der Waals surface area (Å²) in [6.45, 7) is 3.29. The Hall–Kier alpha value is -2.39. The highest BCUT2D eigenvalue weighted by Crippen LogP contribution is 2.30. The number of ether oxygens (including phenoxy) is 1. The topological polar surface area (TPSA) is 66.4 Å². The second-order valence-electron chi connectivity index (χ2n) is 7.19. The predicted molar refractivity (Wildman–Crippen MR) is 123 cm³/mol. The fourth-order valence-electron chi connectivity index (χ4n) is 3.51. The van der Waals surface area contributed by atoms with Gasteiger partial charge in [0, 0.05) is 41.8 Å². The summed E-state index contributed by atoms with van der Waals surface area (Å²) in [7, 11) is 1.60. The van der Waals surface area contributed by atoms with Crippen molar-refractivity contribution in [3.05, 3.63) is 62.8 Å². The molecule has 0 bridgehead atoms. The Bertz CT molecular complexity index is 1140. The van der Waals surface area contributed by atoms with Crippen molar-refractivity contribution in [2.75, 3.05) is 33.3 Å². The lowest BCUT2D eigenvalue weighted by atomic mass is 10.2. The lowest BCUT2D eigenvalue weighted by Gasteiger charge is -2.34. The van der Waals surface area contributed by atoms with Crippen molar-refractivity contribution < 1.29 is 9.53 Å². The van der Waals surface area contributed by atoms with Crippen LogP contribution in [-0.2, 0) is 6.67 Å². The molecule has 2 heterocycles. The van der Waals surface area contributed by atoms with Gasteiger partial charge in [-0.15, -0.1) is 0 Å². The van der Waals surface area contributed by atoms with E-state index < -0.39 is 0 Å². The first kappa shape index (κ1) is 21.8. The first-order valence-electron chi connectivity index (χ1n) is 9.72. The fourth-order valence-corrected chi connectivity index (χ4v) is 4.00. The number of nitrogens with zero attached hydrogens (tertiary/aromatic N) is 4. The number of aromatic nitrogens is 3. The summed E-state index contributed by atoms with van der Waals surface area (Å²) < 4.78 is 7.66. The summed E-state index contributed by atoms with van der Waals surface area (Å²) in [4.78, 5) is 21.2. The normalized spacial score (nSPS) is 14.6. The molecule has 0 radical (unpaired) electrons. The van der Waals surface area contributed by atoms with Crippen LogP contribution in [0.25, 0.3) is 11.4 Å². The molecule has 1 aliphatic rings. The fraction of sp³-hybridized carbons (Fsp3) is 0.286. The highest BCUT2D eigenvalue weighted by atomic mass is 35.5. The SMILES string of the molecule is COc1ccc(Cl)cc1-c1nc(=S)n(CN2CCN(C(=O)c3ccc(Cl)cc3)CC2)[nH]1. The lowest BCUT2D eigenvalue weighted by Crippen LogP contribution is -2.49. The molecule has 7 nitrogen and oxygen atoms in total. The average molecular weight is 478 g/mol. The predicted octanol–water partition coefficient (Wildman–Crippen LogP) is 4.34. The van der Waals surface area contributed by atoms with Gasteiger partial charge in [-0.3, -0.25) is 14.8 Å². The van der Waals surface area contributed by atoms with Crippen LogP contribution < -0.4 is 4.74 Å². The molecule has 0 saturated carbocycles. The van der Waals surface area contributed by atoms with E-state index in [0.717, 1.165) is 18.7 Å². The zero-order valence-electron chi connectivity index (χ0n) is 16.8. The Morgan fingerprint density at radius 3 is 2.45 bits per heavy atom. The molecule has 1 aromatic heterocycles. The number of halogens is 2. The minimum absolute atomic E-state index is 0.0183. The third-order valence-corrected chi connectivity index (χ3v) is 5.99. The van der Waals surface area contributed by atoms with Gasteiger partial charge in [-0.2, -0.15) is 4.98 Å². The smallest absolute Gasteiger partial charge is 0.253 e. The second-order valence-corrected chi connectivity index (χ2v) is 8.42. The van der Waals surface area contributed by atoms with E-state index in [9.17, 15) is 4.79 Å². The maximum absolute atomic E-state index is 12.7. The van der Waals surface area contributed by atoms with E-state index in [2.05, 4.69) is 15.0 Å². The van der Waals surface area contributed by atoms with E-state index in [-0.39, 0.29) is 5.91 Å². The van der Waals surface area contributed by atoms with Crippen LogP contribution in [0.1, 0.15) is 10.4 Å². The molecule has 1 aliphatic heterocycles. The maximum Gasteiger partial charge on any atom is 0.253 e. The molecule has 3 aromatic rings. The first-order valence-corrected chi connectivity index (χ1v) is 10.9. The molecule has 0 unspecified atom stereocenters. The van der Waals surface area contributed by atoms with Crippen LogP contribution in [0, 0.1) is 4.77 Å². The maximum atomic E-state index is 12.7. The number of H-pyrrole nitrogens is 1. The van der Waals surface area contributed by atoms with Crippen LogP contribution in [0.4, 0.5) is 0 Å². The van der Waals surface area contributed by atoms with Crippen molar-refractivity contribution >= 4 is 41.3 Å². The van der Waals surface area contributed by atoms with E-state index in [0.29, 0.717) is 51.7 Å². The van der Waals surface area contributed by atoms with E-state index in [1.807, 2.05) is 9.58 Å². The number of carbonyl (C=O) groups excluding carboxylic acids is 1. The van der Waals surface area contributed by atoms with Gasteiger partial charge < -0.3 is 9.64 Å². The summed E-state index contributed by atoms with van der Waals surface area (Å²) in [5.74, 6) is 1.28. The van der Waals surface area contributed by atoms with Gasteiger partial charge in [-0.25, -0.2) is 4.68 Å². The number of hydrogen-bond donors (Lipinski definition) is 1. The Morgan fingerprint density at radius 1 is 1.10 bits per heavy atom. The second kappa shape index (κ2) is 9.40. The van der Waals surface area contributed by atoms with Gasteiger partial charge in [0.1, 0.15) is 5.75 Å². The van der Waals surface area contributed by atoms with Crippen LogP contribution in [0.5, 0.6) is 5.75 Å². The number of amides is 1. The molecule has 2 aromatic carbocycles. The van der Waals surface area contributed by atoms with Crippen molar-refractivity contribution in [2.24, 2.45) is 0 Å². The number of piperazine rings is 1. The van der Waals surface area contributed by atoms with E-state index >= 15 is 0 Å². The molecule has 162 valence electrons. The third-order valence-electron chi connectivity index (χ3n) is 5.19. The summed E-state index contributed by atoms with van der Waals surface area (Å²) in [6.07, 6.45) is 0. The van der Waals surface area contributed by atoms with Crippen molar-refractivity contribution in [3.8, 4) is 17.1 Å². The van der Waals surface area contributed by atoms with Crippen LogP contribution in [-0.4, -0.2) is 63.8 Å². The zero-order valence-corrected chi connectivity index (χ0v) is 19.2. The Morgan fingerprint density at radius 2 is 1.77 bits per heavy atom. The molecular weight excluding hydrogens is 457 g/mol. The van der Waals surface area contributed by atoms with Gasteiger partial charge in [-0.05, 0) is 54.7 Å². The number of hydrogen-bond acceptors (Lipinski definition) is 5. The molecule has 1 amide bonds. The highest BCUT2D eigenvalue weighted by molar-refractivity contribution is 7.71. The molecule has 0 aliphatic carbocycles. The van der Waals surface area contributed by atoms with E-state index in [1.54, 1.807) is 49.6 Å². The van der Waals surface area contributed by atoms with E-state index in [1.165, 1.54) is 0 Å². The molecule has 1 N–H and O–H groups in total. The summed E-state index contributed by atoms with van der Waals surface area (Å²) in [6, 6.07) is 12.3. The minimum Gasteiger partial charge on any atom is -0.496 e. The number of rotatable bonds is 5. The molecular formula is C21H21Cl2N5O2S. The Kier molecular flexibility index (Phi) is 6.62. The monoisotopic (exact) mass is 477 g/mol. The highest BCUT2D eigenvalue weighted by Gasteiger charge is 2.23. The lowest BCUT2D eigenvalue weighted by molar-refractivity contribution is 0.0585. The quantitative estimate of drug-likeness (QED) is 0.553. The molecule has 31 heavy (non-hydrogen) atoms. The van der Waals surface area contributed by atoms with Gasteiger partial charge in [0.05, 0.1) is 19.3 Å². The van der Waals surface area contributed by atoms with Crippen LogP contribution in [0.2, 0.25) is 10.0 Å². The standard InChI is InChI=1S/C21H21Cl2N5O2S/c1-30-18-7-6-16(23)12-17(18)19-24-21(31)28(25-19)13-26-8-10-27(11-9-26)20(29)14-2-4-15(22)5-3-14/h2-7,12H,8-11,13H2,1H3,(H,24,25,31). The number of methoxy groups -OCH3 is 1. The van der Waals surface area contributed by atoms with Crippen LogP contribution in [0.3, 0.4) is 0 Å². The van der Waals surface area contributed by atoms with Gasteiger partial charge in [-0.1, -0.05) is 23.2 Å². The molecule has 0 spiro atoms. The number of nitrogens with one attached hydrogen (secondary N) is 1. The largest absolute Gasteiger partial charge is 0.496 e. The molecule has 1 saturated heterocycles. The summed E-state index contributed by atoms with van der Waals surface area (Å²) in [5, 5.41) is 4.45.